The van der Waals surface area contributed by atoms with Gasteiger partial charge in [-0.1, -0.05) is 18.2 Å². The Labute approximate surface area is 176 Å². The van der Waals surface area contributed by atoms with Gasteiger partial charge in [-0.2, -0.15) is 0 Å². The number of anilines is 1. The summed E-state index contributed by atoms with van der Waals surface area (Å²) in [4.78, 5) is 27.2. The lowest BCUT2D eigenvalue weighted by atomic mass is 10.1. The average Bonchev–Trinajstić information content (AvgIpc) is 2.70. The van der Waals surface area contributed by atoms with Gasteiger partial charge in [-0.25, -0.2) is 0 Å². The number of fused-ring (bicyclic) bond motifs is 1. The van der Waals surface area contributed by atoms with Gasteiger partial charge in [0.05, 0.1) is 18.0 Å². The lowest BCUT2D eigenvalue weighted by molar-refractivity contribution is -0.121. The largest absolute Gasteiger partial charge is 0.493 e. The number of nitrogens with zero attached hydrogens (tertiary/aromatic N) is 1. The third-order valence-corrected chi connectivity index (χ3v) is 6.08. The lowest BCUT2D eigenvalue weighted by Gasteiger charge is -2.28. The second kappa shape index (κ2) is 9.83. The van der Waals surface area contributed by atoms with Gasteiger partial charge in [0.15, 0.2) is 0 Å². The predicted molar refractivity (Wildman–Crippen MR) is 118 cm³/mol. The fourth-order valence-corrected chi connectivity index (χ4v) is 4.27. The van der Waals surface area contributed by atoms with Crippen molar-refractivity contribution >= 4 is 29.3 Å². The van der Waals surface area contributed by atoms with Crippen LogP contribution in [0.2, 0.25) is 0 Å². The number of amides is 2. The van der Waals surface area contributed by atoms with Crippen molar-refractivity contribution < 1.29 is 14.3 Å². The fourth-order valence-electron chi connectivity index (χ4n) is 3.33. The number of thioether (sulfide) groups is 1. The van der Waals surface area contributed by atoms with Gasteiger partial charge in [0.2, 0.25) is 11.8 Å². The van der Waals surface area contributed by atoms with E-state index in [1.165, 1.54) is 11.1 Å². The molecule has 1 N–H and O–H groups in total. The van der Waals surface area contributed by atoms with Crippen molar-refractivity contribution in [2.45, 2.75) is 38.5 Å². The van der Waals surface area contributed by atoms with Gasteiger partial charge < -0.3 is 15.0 Å². The number of aryl methyl sites for hydroxylation is 2. The van der Waals surface area contributed by atoms with Gasteiger partial charge in [-0.3, -0.25) is 9.59 Å². The van der Waals surface area contributed by atoms with Crippen molar-refractivity contribution in [3.05, 3.63) is 53.1 Å². The number of carbonyl (C=O) groups excluding carboxylic acids is 2. The van der Waals surface area contributed by atoms with Crippen molar-refractivity contribution in [2.75, 3.05) is 30.3 Å². The summed E-state index contributed by atoms with van der Waals surface area (Å²) in [5.74, 6) is 1.34. The molecule has 1 heterocycles. The minimum Gasteiger partial charge on any atom is -0.493 e. The average molecular weight is 413 g/mol. The SMILES string of the molecule is Cc1cc(C)c(C)c(OCCCNC(=O)CCN2C(=O)CSc3ccccc32)c1. The number of benzene rings is 2. The van der Waals surface area contributed by atoms with Crippen LogP contribution in [0.25, 0.3) is 0 Å². The van der Waals surface area contributed by atoms with E-state index in [1.54, 1.807) is 16.7 Å². The molecular formula is C23H28N2O3S. The van der Waals surface area contributed by atoms with E-state index in [0.717, 1.165) is 28.3 Å². The number of rotatable bonds is 8. The summed E-state index contributed by atoms with van der Waals surface area (Å²) in [5, 5.41) is 2.92. The van der Waals surface area contributed by atoms with E-state index in [1.807, 2.05) is 30.3 Å². The molecule has 154 valence electrons. The summed E-state index contributed by atoms with van der Waals surface area (Å²) in [6.07, 6.45) is 1.03. The maximum Gasteiger partial charge on any atom is 0.237 e. The van der Waals surface area contributed by atoms with E-state index in [0.29, 0.717) is 31.9 Å². The van der Waals surface area contributed by atoms with E-state index in [9.17, 15) is 9.59 Å². The van der Waals surface area contributed by atoms with Crippen molar-refractivity contribution in [2.24, 2.45) is 0 Å². The third-order valence-electron chi connectivity index (χ3n) is 5.04. The molecule has 0 saturated heterocycles. The van der Waals surface area contributed by atoms with Crippen molar-refractivity contribution in [3.63, 3.8) is 0 Å². The first-order valence-corrected chi connectivity index (χ1v) is 10.9. The molecule has 5 nitrogen and oxygen atoms in total. The topological polar surface area (TPSA) is 58.6 Å². The third kappa shape index (κ3) is 5.54. The Bertz CT molecular complexity index is 898. The van der Waals surface area contributed by atoms with E-state index >= 15 is 0 Å². The minimum atomic E-state index is -0.0453. The predicted octanol–water partition coefficient (Wildman–Crippen LogP) is 4.03. The van der Waals surface area contributed by atoms with Crippen molar-refractivity contribution in [1.82, 2.24) is 5.32 Å². The molecule has 1 aliphatic rings. The van der Waals surface area contributed by atoms with Crippen LogP contribution in [0.3, 0.4) is 0 Å². The minimum absolute atomic E-state index is 0.0453. The quantitative estimate of drug-likeness (QED) is 0.665. The van der Waals surface area contributed by atoms with Gasteiger partial charge in [0.1, 0.15) is 5.75 Å². The van der Waals surface area contributed by atoms with Gasteiger partial charge in [-0.15, -0.1) is 11.8 Å². The highest BCUT2D eigenvalue weighted by Gasteiger charge is 2.24. The molecule has 0 aromatic heterocycles. The molecule has 0 saturated carbocycles. The molecule has 1 aliphatic heterocycles. The monoisotopic (exact) mass is 412 g/mol. The van der Waals surface area contributed by atoms with Crippen LogP contribution in [-0.2, 0) is 9.59 Å². The van der Waals surface area contributed by atoms with E-state index < -0.39 is 0 Å². The number of hydrogen-bond acceptors (Lipinski definition) is 4. The molecule has 2 amide bonds. The highest BCUT2D eigenvalue weighted by Crippen LogP contribution is 2.34. The molecule has 0 atom stereocenters. The van der Waals surface area contributed by atoms with Gasteiger partial charge >= 0.3 is 0 Å². The Kier molecular flexibility index (Phi) is 7.20. The van der Waals surface area contributed by atoms with E-state index in [2.05, 4.69) is 32.2 Å². The van der Waals surface area contributed by atoms with Crippen molar-refractivity contribution in [3.8, 4) is 5.75 Å². The molecule has 0 unspecified atom stereocenters. The second-order valence-corrected chi connectivity index (χ2v) is 8.33. The number of nitrogens with one attached hydrogen (secondary N) is 1. The van der Waals surface area contributed by atoms with Crippen LogP contribution in [0.5, 0.6) is 5.75 Å². The molecule has 2 aromatic rings. The summed E-state index contributed by atoms with van der Waals surface area (Å²) >= 11 is 1.55. The van der Waals surface area contributed by atoms with Crippen LogP contribution in [0.4, 0.5) is 5.69 Å². The Morgan fingerprint density at radius 2 is 2.00 bits per heavy atom. The Morgan fingerprint density at radius 3 is 2.83 bits per heavy atom. The molecule has 2 aromatic carbocycles. The van der Waals surface area contributed by atoms with Crippen LogP contribution in [0.15, 0.2) is 41.3 Å². The van der Waals surface area contributed by atoms with Gasteiger partial charge in [0.25, 0.3) is 0 Å². The zero-order chi connectivity index (χ0) is 20.8. The molecule has 3 rings (SSSR count). The molecule has 0 aliphatic carbocycles. The fraction of sp³-hybridized carbons (Fsp3) is 0.391. The maximum absolute atomic E-state index is 12.2. The molecule has 0 radical (unpaired) electrons. The summed E-state index contributed by atoms with van der Waals surface area (Å²) in [6, 6.07) is 12.0. The van der Waals surface area contributed by atoms with Crippen molar-refractivity contribution in [1.29, 1.82) is 0 Å². The molecule has 0 bridgehead atoms. The van der Waals surface area contributed by atoms with Crippen LogP contribution in [0, 0.1) is 20.8 Å². The van der Waals surface area contributed by atoms with Crippen LogP contribution >= 0.6 is 11.8 Å². The Balaban J connectivity index is 1.39. The molecule has 0 fully saturated rings. The highest BCUT2D eigenvalue weighted by molar-refractivity contribution is 8.00. The van der Waals surface area contributed by atoms with E-state index in [-0.39, 0.29) is 11.8 Å². The summed E-state index contributed by atoms with van der Waals surface area (Å²) < 4.78 is 5.88. The first-order valence-electron chi connectivity index (χ1n) is 9.95. The first kappa shape index (κ1) is 21.2. The molecular weight excluding hydrogens is 384 g/mol. The summed E-state index contributed by atoms with van der Waals surface area (Å²) in [6.45, 7) is 7.72. The standard InChI is InChI=1S/C23H28N2O3S/c1-16-13-17(2)18(3)20(14-16)28-12-6-10-24-22(26)9-11-25-19-7-4-5-8-21(19)29-15-23(25)27/h4-5,7-8,13-14H,6,9-12,15H2,1-3H3,(H,24,26). The second-order valence-electron chi connectivity index (χ2n) is 7.31. The van der Waals surface area contributed by atoms with Crippen LogP contribution < -0.4 is 15.0 Å². The number of carbonyl (C=O) groups is 2. The van der Waals surface area contributed by atoms with E-state index in [4.69, 9.17) is 4.74 Å². The Morgan fingerprint density at radius 1 is 1.21 bits per heavy atom. The van der Waals surface area contributed by atoms with Gasteiger partial charge in [0, 0.05) is 24.4 Å². The summed E-state index contributed by atoms with van der Waals surface area (Å²) in [5.41, 5.74) is 4.47. The highest BCUT2D eigenvalue weighted by atomic mass is 32.2. The Hall–Kier alpha value is -2.47. The molecule has 6 heteroatoms. The lowest BCUT2D eigenvalue weighted by Crippen LogP contribution is -2.38. The number of ether oxygens (including phenoxy) is 1. The van der Waals surface area contributed by atoms with Crippen LogP contribution in [-0.4, -0.2) is 37.3 Å². The molecule has 29 heavy (non-hydrogen) atoms. The summed E-state index contributed by atoms with van der Waals surface area (Å²) in [7, 11) is 0. The first-order chi connectivity index (χ1) is 14.0. The smallest absolute Gasteiger partial charge is 0.237 e. The van der Waals surface area contributed by atoms with Crippen LogP contribution in [0.1, 0.15) is 29.5 Å². The zero-order valence-electron chi connectivity index (χ0n) is 17.3. The molecule has 0 spiro atoms. The number of para-hydroxylation sites is 1. The van der Waals surface area contributed by atoms with Gasteiger partial charge in [-0.05, 0) is 62.1 Å². The normalized spacial score (nSPS) is 13.2. The number of hydrogen-bond donors (Lipinski definition) is 1. The zero-order valence-corrected chi connectivity index (χ0v) is 18.1. The maximum atomic E-state index is 12.2.